The quantitative estimate of drug-likeness (QED) is 0.787. The second kappa shape index (κ2) is 6.66. The van der Waals surface area contributed by atoms with Crippen molar-refractivity contribution >= 4 is 35.2 Å². The molecule has 0 fully saturated rings. The van der Waals surface area contributed by atoms with E-state index in [-0.39, 0.29) is 0 Å². The molecule has 2 aromatic carbocycles. The molecule has 21 heavy (non-hydrogen) atoms. The van der Waals surface area contributed by atoms with Gasteiger partial charge in [-0.25, -0.2) is 4.79 Å². The number of rotatable bonds is 4. The first-order valence-electron chi connectivity index (χ1n) is 6.10. The van der Waals surface area contributed by atoms with Gasteiger partial charge in [0, 0.05) is 11.1 Å². The van der Waals surface area contributed by atoms with E-state index in [9.17, 15) is 4.79 Å². The molecule has 2 rings (SSSR count). The van der Waals surface area contributed by atoms with Crippen LogP contribution >= 0.6 is 23.2 Å². The number of carboxylic acid groups (broad SMARTS) is 1. The van der Waals surface area contributed by atoms with Crippen LogP contribution in [0.1, 0.15) is 11.1 Å². The van der Waals surface area contributed by atoms with Gasteiger partial charge in [-0.1, -0.05) is 29.3 Å². The third-order valence-electron chi connectivity index (χ3n) is 2.73. The number of carbonyl (C=O) groups is 1. The second-order valence-electron chi connectivity index (χ2n) is 4.37. The topological polar surface area (TPSA) is 46.5 Å². The van der Waals surface area contributed by atoms with Crippen LogP contribution in [-0.4, -0.2) is 11.1 Å². The van der Waals surface area contributed by atoms with Gasteiger partial charge in [-0.05, 0) is 54.5 Å². The Labute approximate surface area is 132 Å². The number of aliphatic carboxylic acids is 1. The van der Waals surface area contributed by atoms with Crippen LogP contribution in [0.3, 0.4) is 0 Å². The molecule has 0 aliphatic heterocycles. The first kappa shape index (κ1) is 15.4. The molecule has 0 aromatic heterocycles. The third kappa shape index (κ3) is 4.25. The second-order valence-corrected chi connectivity index (χ2v) is 5.22. The van der Waals surface area contributed by atoms with E-state index < -0.39 is 5.97 Å². The van der Waals surface area contributed by atoms with Crippen molar-refractivity contribution in [2.45, 2.75) is 6.92 Å². The highest BCUT2D eigenvalue weighted by Gasteiger charge is 2.06. The van der Waals surface area contributed by atoms with Gasteiger partial charge in [0.15, 0.2) is 0 Å². The summed E-state index contributed by atoms with van der Waals surface area (Å²) >= 11 is 11.9. The highest BCUT2D eigenvalue weighted by molar-refractivity contribution is 6.35. The van der Waals surface area contributed by atoms with Crippen molar-refractivity contribution in [3.63, 3.8) is 0 Å². The van der Waals surface area contributed by atoms with Crippen molar-refractivity contribution in [3.8, 4) is 11.5 Å². The van der Waals surface area contributed by atoms with Crippen LogP contribution in [0.4, 0.5) is 0 Å². The number of hydrogen-bond acceptors (Lipinski definition) is 2. The fourth-order valence-electron chi connectivity index (χ4n) is 1.73. The van der Waals surface area contributed by atoms with Crippen LogP contribution < -0.4 is 4.74 Å². The van der Waals surface area contributed by atoms with E-state index in [4.69, 9.17) is 33.0 Å². The monoisotopic (exact) mass is 322 g/mol. The molecule has 0 radical (unpaired) electrons. The number of halogens is 2. The van der Waals surface area contributed by atoms with Crippen molar-refractivity contribution in [2.75, 3.05) is 0 Å². The number of hydrogen-bond donors (Lipinski definition) is 1. The molecule has 0 heterocycles. The molecule has 0 unspecified atom stereocenters. The van der Waals surface area contributed by atoms with Gasteiger partial charge in [0.2, 0.25) is 0 Å². The molecule has 0 saturated carbocycles. The van der Waals surface area contributed by atoms with E-state index in [1.54, 1.807) is 30.3 Å². The molecule has 1 N–H and O–H groups in total. The Hall–Kier alpha value is -1.97. The summed E-state index contributed by atoms with van der Waals surface area (Å²) in [6, 6.07) is 10.4. The third-order valence-corrected chi connectivity index (χ3v) is 3.26. The maximum absolute atomic E-state index is 10.5. The van der Waals surface area contributed by atoms with Gasteiger partial charge in [0.25, 0.3) is 0 Å². The summed E-state index contributed by atoms with van der Waals surface area (Å²) in [5, 5.41) is 9.58. The average Bonchev–Trinajstić information content (AvgIpc) is 2.42. The Morgan fingerprint density at radius 2 is 1.86 bits per heavy atom. The van der Waals surface area contributed by atoms with Crippen LogP contribution in [0.2, 0.25) is 10.0 Å². The molecule has 0 saturated heterocycles. The molecule has 0 aliphatic carbocycles. The molecule has 0 bridgehead atoms. The predicted octanol–water partition coefficient (Wildman–Crippen LogP) is 5.19. The molecule has 3 nitrogen and oxygen atoms in total. The van der Waals surface area contributed by atoms with Crippen LogP contribution in [0.25, 0.3) is 6.08 Å². The van der Waals surface area contributed by atoms with E-state index in [0.29, 0.717) is 21.5 Å². The summed E-state index contributed by atoms with van der Waals surface area (Å²) in [7, 11) is 0. The van der Waals surface area contributed by atoms with Crippen LogP contribution in [0.15, 0.2) is 42.5 Å². The van der Waals surface area contributed by atoms with Crippen LogP contribution in [0.5, 0.6) is 11.5 Å². The highest BCUT2D eigenvalue weighted by atomic mass is 35.5. The molecule has 0 aliphatic rings. The van der Waals surface area contributed by atoms with Crippen LogP contribution in [0, 0.1) is 6.92 Å². The lowest BCUT2D eigenvalue weighted by molar-refractivity contribution is -0.131. The Kier molecular flexibility index (Phi) is 4.89. The minimum absolute atomic E-state index is 0.428. The Balaban J connectivity index is 2.23. The average molecular weight is 323 g/mol. The zero-order valence-electron chi connectivity index (χ0n) is 11.1. The molecule has 5 heteroatoms. The lowest BCUT2D eigenvalue weighted by atomic mass is 10.1. The van der Waals surface area contributed by atoms with Gasteiger partial charge in [-0.15, -0.1) is 0 Å². The highest BCUT2D eigenvalue weighted by Crippen LogP contribution is 2.33. The predicted molar refractivity (Wildman–Crippen MR) is 84.4 cm³/mol. The van der Waals surface area contributed by atoms with Gasteiger partial charge in [-0.2, -0.15) is 0 Å². The van der Waals surface area contributed by atoms with Gasteiger partial charge >= 0.3 is 5.97 Å². The van der Waals surface area contributed by atoms with Crippen molar-refractivity contribution in [1.82, 2.24) is 0 Å². The summed E-state index contributed by atoms with van der Waals surface area (Å²) < 4.78 is 5.74. The van der Waals surface area contributed by atoms with Crippen molar-refractivity contribution < 1.29 is 14.6 Å². The summed E-state index contributed by atoms with van der Waals surface area (Å²) in [6.07, 6.45) is 2.61. The minimum Gasteiger partial charge on any atom is -0.478 e. The van der Waals surface area contributed by atoms with E-state index in [2.05, 4.69) is 0 Å². The van der Waals surface area contributed by atoms with Crippen molar-refractivity contribution in [3.05, 3.63) is 63.6 Å². The zero-order valence-corrected chi connectivity index (χ0v) is 12.7. The Bertz CT molecular complexity index is 709. The molecule has 0 atom stereocenters. The normalized spacial score (nSPS) is 10.8. The summed E-state index contributed by atoms with van der Waals surface area (Å²) in [6.45, 7) is 1.87. The standard InChI is InChI=1S/C16H12Cl2O3/c1-10-8-11(3-7-16(19)20)2-5-14(10)21-15-6-4-12(17)9-13(15)18/h2-9H,1H3,(H,19,20). The molecule has 108 valence electrons. The first-order valence-corrected chi connectivity index (χ1v) is 6.86. The van der Waals surface area contributed by atoms with Crippen molar-refractivity contribution in [2.24, 2.45) is 0 Å². The maximum atomic E-state index is 10.5. The minimum atomic E-state index is -0.985. The van der Waals surface area contributed by atoms with E-state index in [0.717, 1.165) is 17.2 Å². The lowest BCUT2D eigenvalue weighted by Gasteiger charge is -2.11. The van der Waals surface area contributed by atoms with Gasteiger partial charge in [-0.3, -0.25) is 0 Å². The maximum Gasteiger partial charge on any atom is 0.328 e. The van der Waals surface area contributed by atoms with Crippen LogP contribution in [-0.2, 0) is 4.79 Å². The SMILES string of the molecule is Cc1cc(C=CC(=O)O)ccc1Oc1ccc(Cl)cc1Cl. The lowest BCUT2D eigenvalue weighted by Crippen LogP contribution is -1.90. The molecular weight excluding hydrogens is 311 g/mol. The molecule has 2 aromatic rings. The summed E-state index contributed by atoms with van der Waals surface area (Å²) in [5.41, 5.74) is 1.65. The first-order chi connectivity index (χ1) is 9.95. The summed E-state index contributed by atoms with van der Waals surface area (Å²) in [5.74, 6) is 0.172. The zero-order chi connectivity index (χ0) is 15.4. The number of carboxylic acids is 1. The largest absolute Gasteiger partial charge is 0.478 e. The Morgan fingerprint density at radius 1 is 1.14 bits per heavy atom. The fraction of sp³-hybridized carbons (Fsp3) is 0.0625. The number of benzene rings is 2. The van der Waals surface area contributed by atoms with Gasteiger partial charge in [0.05, 0.1) is 5.02 Å². The van der Waals surface area contributed by atoms with E-state index in [1.165, 1.54) is 6.08 Å². The van der Waals surface area contributed by atoms with Gasteiger partial charge < -0.3 is 9.84 Å². The molecular formula is C16H12Cl2O3. The Morgan fingerprint density at radius 3 is 2.48 bits per heavy atom. The number of ether oxygens (including phenoxy) is 1. The number of aryl methyl sites for hydroxylation is 1. The summed E-state index contributed by atoms with van der Waals surface area (Å²) in [4.78, 5) is 10.5. The smallest absolute Gasteiger partial charge is 0.328 e. The van der Waals surface area contributed by atoms with Crippen molar-refractivity contribution in [1.29, 1.82) is 0 Å². The molecule has 0 amide bonds. The van der Waals surface area contributed by atoms with E-state index in [1.807, 2.05) is 13.0 Å². The van der Waals surface area contributed by atoms with Gasteiger partial charge in [0.1, 0.15) is 11.5 Å². The fourth-order valence-corrected chi connectivity index (χ4v) is 2.18. The van der Waals surface area contributed by atoms with E-state index >= 15 is 0 Å². The molecule has 0 spiro atoms.